The summed E-state index contributed by atoms with van der Waals surface area (Å²) in [5.41, 5.74) is 4.69. The van der Waals surface area contributed by atoms with Crippen LogP contribution in [0, 0.1) is 35.0 Å². The lowest BCUT2D eigenvalue weighted by Crippen LogP contribution is -2.54. The molecule has 2 aliphatic carbocycles. The van der Waals surface area contributed by atoms with E-state index in [0.717, 1.165) is 79.5 Å². The SMILES string of the molecule is N#Cc1ccc(O[C@H]2CC[C@H](NC(=O)c3ccc(C#CC4CCC(CN5Cc6cc7c(cc6C5)C(=O)N(C5CCC(=O)NC5=O)C7=O)CC4)cc3)CC2)cc1Cl. The molecule has 3 fully saturated rings. The molecule has 3 heterocycles. The molecule has 11 nitrogen and oxygen atoms in total. The van der Waals surface area contributed by atoms with Crippen LogP contribution in [0.5, 0.6) is 5.75 Å². The number of nitriles is 1. The molecular formula is C44H42ClN5O6. The molecule has 56 heavy (non-hydrogen) atoms. The fourth-order valence-electron chi connectivity index (χ4n) is 8.76. The number of imide groups is 2. The van der Waals surface area contributed by atoms with Gasteiger partial charge in [0.25, 0.3) is 17.7 Å². The summed E-state index contributed by atoms with van der Waals surface area (Å²) < 4.78 is 6.08. The van der Waals surface area contributed by atoms with Crippen molar-refractivity contribution in [1.82, 2.24) is 20.4 Å². The number of amides is 5. The molecule has 286 valence electrons. The van der Waals surface area contributed by atoms with Crippen LogP contribution in [0.3, 0.4) is 0 Å². The zero-order chi connectivity index (χ0) is 38.9. The van der Waals surface area contributed by atoms with Crippen LogP contribution in [0.4, 0.5) is 0 Å². The number of rotatable bonds is 7. The predicted molar refractivity (Wildman–Crippen MR) is 206 cm³/mol. The maximum Gasteiger partial charge on any atom is 0.262 e. The predicted octanol–water partition coefficient (Wildman–Crippen LogP) is 5.91. The number of piperidine rings is 1. The maximum atomic E-state index is 13.3. The van der Waals surface area contributed by atoms with Crippen molar-refractivity contribution in [1.29, 1.82) is 5.26 Å². The highest BCUT2D eigenvalue weighted by molar-refractivity contribution is 6.31. The van der Waals surface area contributed by atoms with E-state index in [2.05, 4.69) is 33.4 Å². The molecule has 3 aromatic rings. The van der Waals surface area contributed by atoms with E-state index in [-0.39, 0.29) is 36.8 Å². The average molecular weight is 772 g/mol. The van der Waals surface area contributed by atoms with Gasteiger partial charge in [-0.3, -0.25) is 39.1 Å². The highest BCUT2D eigenvalue weighted by Gasteiger charge is 2.45. The number of halogens is 1. The van der Waals surface area contributed by atoms with Crippen molar-refractivity contribution >= 4 is 41.1 Å². The minimum atomic E-state index is -0.959. The minimum absolute atomic E-state index is 0.0386. The van der Waals surface area contributed by atoms with Crippen molar-refractivity contribution in [2.45, 2.75) is 95.5 Å². The van der Waals surface area contributed by atoms with Gasteiger partial charge < -0.3 is 10.1 Å². The lowest BCUT2D eigenvalue weighted by atomic mass is 9.82. The summed E-state index contributed by atoms with van der Waals surface area (Å²) in [6, 6.07) is 17.4. The van der Waals surface area contributed by atoms with Crippen LogP contribution in [0.2, 0.25) is 5.02 Å². The number of carbonyl (C=O) groups is 5. The first-order valence-corrected chi connectivity index (χ1v) is 19.9. The normalized spacial score (nSPS) is 24.7. The highest BCUT2D eigenvalue weighted by atomic mass is 35.5. The summed E-state index contributed by atoms with van der Waals surface area (Å²) in [4.78, 5) is 67.0. The Labute approximate surface area is 330 Å². The number of ether oxygens (including phenoxy) is 1. The monoisotopic (exact) mass is 771 g/mol. The first-order chi connectivity index (χ1) is 27.1. The Balaban J connectivity index is 0.765. The van der Waals surface area contributed by atoms with Crippen molar-refractivity contribution in [2.24, 2.45) is 11.8 Å². The van der Waals surface area contributed by atoms with E-state index >= 15 is 0 Å². The molecule has 5 aliphatic rings. The maximum absolute atomic E-state index is 13.3. The van der Waals surface area contributed by atoms with Gasteiger partial charge in [0.05, 0.1) is 27.8 Å². The number of fused-ring (bicyclic) bond motifs is 2. The van der Waals surface area contributed by atoms with Crippen molar-refractivity contribution in [3.8, 4) is 23.7 Å². The Kier molecular flexibility index (Phi) is 10.7. The van der Waals surface area contributed by atoms with Crippen molar-refractivity contribution in [3.05, 3.63) is 98.6 Å². The third-order valence-corrected chi connectivity index (χ3v) is 12.2. The number of nitrogens with one attached hydrogen (secondary N) is 2. The smallest absolute Gasteiger partial charge is 0.262 e. The first kappa shape index (κ1) is 37.4. The third-order valence-electron chi connectivity index (χ3n) is 11.9. The molecule has 3 aliphatic heterocycles. The van der Waals surface area contributed by atoms with Crippen LogP contribution < -0.4 is 15.4 Å². The Morgan fingerprint density at radius 1 is 0.857 bits per heavy atom. The van der Waals surface area contributed by atoms with E-state index in [0.29, 0.717) is 58.0 Å². The summed E-state index contributed by atoms with van der Waals surface area (Å²) in [6.07, 6.45) is 7.77. The molecule has 1 unspecified atom stereocenters. The van der Waals surface area contributed by atoms with E-state index in [9.17, 15) is 24.0 Å². The molecule has 2 N–H and O–H groups in total. The van der Waals surface area contributed by atoms with Crippen LogP contribution in [0.25, 0.3) is 0 Å². The van der Waals surface area contributed by atoms with Gasteiger partial charge in [0.1, 0.15) is 17.9 Å². The molecule has 3 aromatic carbocycles. The molecule has 1 saturated heterocycles. The largest absolute Gasteiger partial charge is 0.490 e. The number of hydrogen-bond acceptors (Lipinski definition) is 8. The zero-order valence-corrected chi connectivity index (χ0v) is 31.7. The second kappa shape index (κ2) is 15.9. The van der Waals surface area contributed by atoms with E-state index in [1.165, 1.54) is 0 Å². The van der Waals surface area contributed by atoms with Gasteiger partial charge in [0, 0.05) is 55.2 Å². The molecule has 8 rings (SSSR count). The minimum Gasteiger partial charge on any atom is -0.490 e. The molecule has 2 saturated carbocycles. The van der Waals surface area contributed by atoms with Crippen LogP contribution in [0.15, 0.2) is 54.6 Å². The van der Waals surface area contributed by atoms with E-state index in [1.54, 1.807) is 18.2 Å². The second-order valence-corrected chi connectivity index (χ2v) is 16.1. The van der Waals surface area contributed by atoms with Crippen LogP contribution in [0.1, 0.15) is 118 Å². The molecule has 0 spiro atoms. The number of nitrogens with zero attached hydrogens (tertiary/aromatic N) is 3. The van der Waals surface area contributed by atoms with Crippen molar-refractivity contribution in [2.75, 3.05) is 6.54 Å². The molecule has 0 bridgehead atoms. The van der Waals surface area contributed by atoms with Gasteiger partial charge in [-0.2, -0.15) is 5.26 Å². The number of carbonyl (C=O) groups excluding carboxylic acids is 5. The molecule has 5 amide bonds. The summed E-state index contributed by atoms with van der Waals surface area (Å²) in [5.74, 6) is 6.31. The molecular weight excluding hydrogens is 730 g/mol. The van der Waals surface area contributed by atoms with Crippen molar-refractivity contribution in [3.63, 3.8) is 0 Å². The quantitative estimate of drug-likeness (QED) is 0.223. The van der Waals surface area contributed by atoms with Crippen LogP contribution >= 0.6 is 11.6 Å². The fraction of sp³-hybridized carbons (Fsp3) is 0.409. The Hall–Kier alpha value is -5.49. The number of hydrogen-bond donors (Lipinski definition) is 2. The van der Waals surface area contributed by atoms with Crippen molar-refractivity contribution < 1.29 is 28.7 Å². The van der Waals surface area contributed by atoms with E-state index in [4.69, 9.17) is 21.6 Å². The van der Waals surface area contributed by atoms with Gasteiger partial charge >= 0.3 is 0 Å². The second-order valence-electron chi connectivity index (χ2n) is 15.7. The lowest BCUT2D eigenvalue weighted by Gasteiger charge is -2.29. The zero-order valence-electron chi connectivity index (χ0n) is 30.9. The highest BCUT2D eigenvalue weighted by Crippen LogP contribution is 2.36. The summed E-state index contributed by atoms with van der Waals surface area (Å²) >= 11 is 6.14. The lowest BCUT2D eigenvalue weighted by molar-refractivity contribution is -0.136. The molecule has 0 radical (unpaired) electrons. The number of benzene rings is 3. The van der Waals surface area contributed by atoms with Gasteiger partial charge in [0.2, 0.25) is 11.8 Å². The van der Waals surface area contributed by atoms with Gasteiger partial charge in [-0.1, -0.05) is 23.4 Å². The van der Waals surface area contributed by atoms with Gasteiger partial charge in [-0.15, -0.1) is 0 Å². The summed E-state index contributed by atoms with van der Waals surface area (Å²) in [5, 5.41) is 14.9. The topological polar surface area (TPSA) is 149 Å². The third kappa shape index (κ3) is 7.93. The van der Waals surface area contributed by atoms with Gasteiger partial charge in [0.15, 0.2) is 0 Å². The van der Waals surface area contributed by atoms with E-state index in [1.807, 2.05) is 36.4 Å². The molecule has 12 heteroatoms. The standard InChI is InChI=1S/C44H42ClN5O6/c45-38-21-35(14-11-30(38)22-46)56-34-15-12-33(13-16-34)47-41(52)29-9-7-27(8-10-29)2-1-26-3-5-28(6-4-26)23-49-24-31-19-36-37(20-32(31)25-49)44(55)50(43(36)54)39-17-18-40(51)48-42(39)53/h7-11,14,19-21,26,28,33-34,39H,3-6,12-13,15-18,23-25H2,(H,47,52)(H,48,51,53)/t26?,28?,33-,34-,39?. The summed E-state index contributed by atoms with van der Waals surface area (Å²) in [7, 11) is 0. The molecule has 1 atom stereocenters. The van der Waals surface area contributed by atoms with Crippen LogP contribution in [-0.4, -0.2) is 64.1 Å². The Bertz CT molecular complexity index is 2160. The average Bonchev–Trinajstić information content (AvgIpc) is 3.70. The van der Waals surface area contributed by atoms with Gasteiger partial charge in [-0.25, -0.2) is 0 Å². The first-order valence-electron chi connectivity index (χ1n) is 19.5. The summed E-state index contributed by atoms with van der Waals surface area (Å²) in [6.45, 7) is 2.36. The van der Waals surface area contributed by atoms with Gasteiger partial charge in [-0.05, 0) is 123 Å². The molecule has 0 aromatic heterocycles. The Morgan fingerprint density at radius 2 is 1.54 bits per heavy atom. The van der Waals surface area contributed by atoms with Crippen LogP contribution in [-0.2, 0) is 22.7 Å². The Morgan fingerprint density at radius 3 is 2.16 bits per heavy atom. The fourth-order valence-corrected chi connectivity index (χ4v) is 8.97. The van der Waals surface area contributed by atoms with E-state index < -0.39 is 23.8 Å².